The summed E-state index contributed by atoms with van der Waals surface area (Å²) < 4.78 is 7.47. The van der Waals surface area contributed by atoms with Crippen LogP contribution < -0.4 is 0 Å². The van der Waals surface area contributed by atoms with Gasteiger partial charge in [-0.2, -0.15) is 20.1 Å². The third-order valence-electron chi connectivity index (χ3n) is 3.71. The number of furan rings is 1. The minimum absolute atomic E-state index is 0.564. The highest BCUT2D eigenvalue weighted by Crippen LogP contribution is 2.25. The van der Waals surface area contributed by atoms with Crippen LogP contribution in [-0.4, -0.2) is 24.8 Å². The first-order chi connectivity index (χ1) is 11.1. The molecule has 0 spiro atoms. The van der Waals surface area contributed by atoms with E-state index in [1.54, 1.807) is 21.9 Å². The molecule has 0 unspecified atom stereocenters. The van der Waals surface area contributed by atoms with Gasteiger partial charge in [0.1, 0.15) is 5.58 Å². The Hall–Kier alpha value is -2.60. The highest BCUT2D eigenvalue weighted by Gasteiger charge is 2.11. The zero-order valence-corrected chi connectivity index (χ0v) is 13.4. The summed E-state index contributed by atoms with van der Waals surface area (Å²) in [7, 11) is 0. The fourth-order valence-corrected chi connectivity index (χ4v) is 2.65. The van der Waals surface area contributed by atoms with Crippen LogP contribution in [0.15, 0.2) is 41.1 Å². The second-order valence-electron chi connectivity index (χ2n) is 5.28. The van der Waals surface area contributed by atoms with Gasteiger partial charge in [-0.3, -0.25) is 0 Å². The molecule has 7 heteroatoms. The zero-order chi connectivity index (χ0) is 16.0. The maximum absolute atomic E-state index is 5.90. The summed E-state index contributed by atoms with van der Waals surface area (Å²) in [6.45, 7) is 4.03. The predicted octanol–water partition coefficient (Wildman–Crippen LogP) is 3.72. The van der Waals surface area contributed by atoms with Gasteiger partial charge in [-0.05, 0) is 25.5 Å². The van der Waals surface area contributed by atoms with Gasteiger partial charge in [0.25, 0.3) is 0 Å². The SMILES string of the molecule is CCc1nn(-c2ccc3cc(-n4cc(Cl)cn4)oc3c2)nc1C. The van der Waals surface area contributed by atoms with Crippen molar-refractivity contribution >= 4 is 22.6 Å². The number of hydrogen-bond donors (Lipinski definition) is 0. The molecule has 0 atom stereocenters. The fraction of sp³-hybridized carbons (Fsp3) is 0.188. The molecule has 6 nitrogen and oxygen atoms in total. The molecule has 3 heterocycles. The van der Waals surface area contributed by atoms with Crippen molar-refractivity contribution in [2.24, 2.45) is 0 Å². The van der Waals surface area contributed by atoms with Crippen LogP contribution in [0.25, 0.3) is 22.5 Å². The molecule has 0 radical (unpaired) electrons. The lowest BCUT2D eigenvalue weighted by atomic mass is 10.2. The molecule has 0 fully saturated rings. The minimum Gasteiger partial charge on any atom is -0.438 e. The van der Waals surface area contributed by atoms with E-state index in [0.717, 1.165) is 34.5 Å². The van der Waals surface area contributed by atoms with E-state index in [-0.39, 0.29) is 0 Å². The number of halogens is 1. The van der Waals surface area contributed by atoms with Gasteiger partial charge in [0.05, 0.1) is 34.5 Å². The van der Waals surface area contributed by atoms with E-state index in [0.29, 0.717) is 10.9 Å². The Labute approximate surface area is 137 Å². The molecule has 4 rings (SSSR count). The summed E-state index contributed by atoms with van der Waals surface area (Å²) >= 11 is 5.90. The van der Waals surface area contributed by atoms with E-state index in [1.807, 2.05) is 31.2 Å². The van der Waals surface area contributed by atoms with Gasteiger partial charge in [0.2, 0.25) is 5.88 Å². The molecule has 0 N–H and O–H groups in total. The zero-order valence-electron chi connectivity index (χ0n) is 12.7. The third kappa shape index (κ3) is 2.41. The van der Waals surface area contributed by atoms with E-state index in [9.17, 15) is 0 Å². The molecule has 116 valence electrons. The van der Waals surface area contributed by atoms with Crippen LogP contribution >= 0.6 is 11.6 Å². The van der Waals surface area contributed by atoms with Crippen LogP contribution in [-0.2, 0) is 6.42 Å². The quantitative estimate of drug-likeness (QED) is 0.575. The number of aromatic nitrogens is 5. The lowest BCUT2D eigenvalue weighted by molar-refractivity contribution is 0.559. The van der Waals surface area contributed by atoms with Crippen LogP contribution in [0.5, 0.6) is 0 Å². The van der Waals surface area contributed by atoms with Crippen molar-refractivity contribution in [3.05, 3.63) is 53.1 Å². The lowest BCUT2D eigenvalue weighted by Crippen LogP contribution is -1.98. The average molecular weight is 328 g/mol. The van der Waals surface area contributed by atoms with Crippen LogP contribution in [0.1, 0.15) is 18.3 Å². The second kappa shape index (κ2) is 5.24. The van der Waals surface area contributed by atoms with Crippen molar-refractivity contribution in [1.82, 2.24) is 24.8 Å². The van der Waals surface area contributed by atoms with Crippen molar-refractivity contribution in [2.75, 3.05) is 0 Å². The van der Waals surface area contributed by atoms with Crippen molar-refractivity contribution < 1.29 is 4.42 Å². The molecule has 0 bridgehead atoms. The molecule has 0 saturated heterocycles. The summed E-state index contributed by atoms with van der Waals surface area (Å²) in [5, 5.41) is 14.7. The molecule has 3 aromatic heterocycles. The Morgan fingerprint density at radius 2 is 2.09 bits per heavy atom. The van der Waals surface area contributed by atoms with Gasteiger partial charge in [-0.1, -0.05) is 18.5 Å². The van der Waals surface area contributed by atoms with Gasteiger partial charge in [-0.25, -0.2) is 4.68 Å². The van der Waals surface area contributed by atoms with Gasteiger partial charge in [0.15, 0.2) is 0 Å². The molecular weight excluding hydrogens is 314 g/mol. The van der Waals surface area contributed by atoms with Crippen LogP contribution in [0.2, 0.25) is 5.02 Å². The minimum atomic E-state index is 0.564. The topological polar surface area (TPSA) is 61.7 Å². The Morgan fingerprint density at radius 3 is 2.78 bits per heavy atom. The molecule has 0 aliphatic heterocycles. The van der Waals surface area contributed by atoms with E-state index in [1.165, 1.54) is 0 Å². The first kappa shape index (κ1) is 14.0. The first-order valence-electron chi connectivity index (χ1n) is 7.31. The largest absolute Gasteiger partial charge is 0.438 e. The van der Waals surface area contributed by atoms with Crippen molar-refractivity contribution in [1.29, 1.82) is 0 Å². The molecular formula is C16H14ClN5O. The van der Waals surface area contributed by atoms with Crippen LogP contribution in [0.4, 0.5) is 0 Å². The average Bonchev–Trinajstić information content (AvgIpc) is 3.23. The van der Waals surface area contributed by atoms with Crippen LogP contribution in [0, 0.1) is 6.92 Å². The summed E-state index contributed by atoms with van der Waals surface area (Å²) in [6, 6.07) is 7.79. The van der Waals surface area contributed by atoms with E-state index in [2.05, 4.69) is 22.2 Å². The van der Waals surface area contributed by atoms with E-state index in [4.69, 9.17) is 16.0 Å². The summed E-state index contributed by atoms with van der Waals surface area (Å²) in [5.41, 5.74) is 3.55. The number of aryl methyl sites for hydroxylation is 2. The highest BCUT2D eigenvalue weighted by molar-refractivity contribution is 6.30. The first-order valence-corrected chi connectivity index (χ1v) is 7.69. The summed E-state index contributed by atoms with van der Waals surface area (Å²) in [6.07, 6.45) is 4.13. The van der Waals surface area contributed by atoms with Crippen molar-refractivity contribution in [3.63, 3.8) is 0 Å². The van der Waals surface area contributed by atoms with Crippen LogP contribution in [0.3, 0.4) is 0 Å². The summed E-state index contributed by atoms with van der Waals surface area (Å²) in [4.78, 5) is 1.64. The molecule has 1 aromatic carbocycles. The molecule has 4 aromatic rings. The van der Waals surface area contributed by atoms with Crippen molar-refractivity contribution in [2.45, 2.75) is 20.3 Å². The second-order valence-corrected chi connectivity index (χ2v) is 5.72. The summed E-state index contributed by atoms with van der Waals surface area (Å²) in [5.74, 6) is 0.614. The maximum Gasteiger partial charge on any atom is 0.221 e. The smallest absolute Gasteiger partial charge is 0.221 e. The number of hydrogen-bond acceptors (Lipinski definition) is 4. The Morgan fingerprint density at radius 1 is 1.22 bits per heavy atom. The Kier molecular flexibility index (Phi) is 3.20. The third-order valence-corrected chi connectivity index (χ3v) is 3.91. The number of nitrogens with zero attached hydrogens (tertiary/aromatic N) is 5. The Bertz CT molecular complexity index is 997. The predicted molar refractivity (Wildman–Crippen MR) is 87.4 cm³/mol. The molecule has 23 heavy (non-hydrogen) atoms. The molecule has 0 saturated carbocycles. The molecule has 0 aliphatic carbocycles. The standard InChI is InChI=1S/C16H14ClN5O/c1-3-14-10(2)19-22(20-14)13-5-4-11-6-16(23-15(11)7-13)21-9-12(17)8-18-21/h4-9H,3H2,1-2H3. The van der Waals surface area contributed by atoms with Gasteiger partial charge < -0.3 is 4.42 Å². The molecule has 0 aliphatic rings. The van der Waals surface area contributed by atoms with Gasteiger partial charge in [0, 0.05) is 17.5 Å². The molecule has 0 amide bonds. The Balaban J connectivity index is 1.78. The van der Waals surface area contributed by atoms with Gasteiger partial charge in [-0.15, -0.1) is 0 Å². The lowest BCUT2D eigenvalue weighted by Gasteiger charge is -1.98. The van der Waals surface area contributed by atoms with E-state index < -0.39 is 0 Å². The van der Waals surface area contributed by atoms with Crippen molar-refractivity contribution in [3.8, 4) is 11.6 Å². The maximum atomic E-state index is 5.90. The number of rotatable bonds is 3. The fourth-order valence-electron chi connectivity index (χ4n) is 2.52. The monoisotopic (exact) mass is 327 g/mol. The number of fused-ring (bicyclic) bond motifs is 1. The normalized spacial score (nSPS) is 11.4. The number of benzene rings is 1. The van der Waals surface area contributed by atoms with E-state index >= 15 is 0 Å². The highest BCUT2D eigenvalue weighted by atomic mass is 35.5. The van der Waals surface area contributed by atoms with Gasteiger partial charge >= 0.3 is 0 Å².